The Balaban J connectivity index is 2.22. The maximum absolute atomic E-state index is 5.94. The summed E-state index contributed by atoms with van der Waals surface area (Å²) in [5.41, 5.74) is 2.65. The molecule has 1 fully saturated rings. The van der Waals surface area contributed by atoms with Crippen molar-refractivity contribution in [1.29, 1.82) is 0 Å². The van der Waals surface area contributed by atoms with Gasteiger partial charge in [-0.2, -0.15) is 0 Å². The first-order valence-corrected chi connectivity index (χ1v) is 5.66. The molecule has 0 atom stereocenters. The molecule has 0 aliphatic carbocycles. The zero-order valence-corrected chi connectivity index (χ0v) is 9.35. The van der Waals surface area contributed by atoms with Crippen molar-refractivity contribution in [1.82, 2.24) is 0 Å². The van der Waals surface area contributed by atoms with Crippen molar-refractivity contribution < 1.29 is 0 Å². The lowest BCUT2D eigenvalue weighted by atomic mass is 10.1. The van der Waals surface area contributed by atoms with Crippen LogP contribution in [0.25, 0.3) is 0 Å². The van der Waals surface area contributed by atoms with Crippen molar-refractivity contribution in [2.24, 2.45) is 0 Å². The first kappa shape index (κ1) is 9.85. The summed E-state index contributed by atoms with van der Waals surface area (Å²) in [5, 5.41) is 0.836. The third kappa shape index (κ3) is 2.03. The first-order chi connectivity index (χ1) is 6.77. The lowest BCUT2D eigenvalue weighted by molar-refractivity contribution is 0.577. The first-order valence-electron chi connectivity index (χ1n) is 5.28. The van der Waals surface area contributed by atoms with E-state index in [1.165, 1.54) is 43.6 Å². The minimum absolute atomic E-state index is 0.836. The van der Waals surface area contributed by atoms with E-state index < -0.39 is 0 Å². The Hall–Kier alpha value is -0.690. The average Bonchev–Trinajstić information content (AvgIpc) is 2.19. The van der Waals surface area contributed by atoms with E-state index >= 15 is 0 Å². The van der Waals surface area contributed by atoms with E-state index in [4.69, 9.17) is 11.6 Å². The number of nitrogens with zero attached hydrogens (tertiary/aromatic N) is 1. The summed E-state index contributed by atoms with van der Waals surface area (Å²) in [7, 11) is 0. The Morgan fingerprint density at radius 3 is 2.50 bits per heavy atom. The highest BCUT2D eigenvalue weighted by Crippen LogP contribution is 2.25. The summed E-state index contributed by atoms with van der Waals surface area (Å²) in [6.45, 7) is 4.53. The van der Waals surface area contributed by atoms with E-state index in [0.29, 0.717) is 0 Å². The third-order valence-corrected chi connectivity index (χ3v) is 3.09. The zero-order valence-electron chi connectivity index (χ0n) is 8.59. The highest BCUT2D eigenvalue weighted by atomic mass is 35.5. The minimum Gasteiger partial charge on any atom is -0.371 e. The Morgan fingerprint density at radius 1 is 1.14 bits per heavy atom. The van der Waals surface area contributed by atoms with Crippen molar-refractivity contribution in [2.45, 2.75) is 26.2 Å². The van der Waals surface area contributed by atoms with Gasteiger partial charge in [-0.1, -0.05) is 11.6 Å². The van der Waals surface area contributed by atoms with Gasteiger partial charge in [0.1, 0.15) is 0 Å². The molecule has 2 heteroatoms. The Morgan fingerprint density at radius 2 is 1.86 bits per heavy atom. The van der Waals surface area contributed by atoms with E-state index in [1.54, 1.807) is 0 Å². The topological polar surface area (TPSA) is 3.24 Å². The predicted molar refractivity (Wildman–Crippen MR) is 62.3 cm³/mol. The maximum atomic E-state index is 5.94. The SMILES string of the molecule is Cc1cc(Cl)ccc1N1CCCCC1. The van der Waals surface area contributed by atoms with Crippen LogP contribution in [0.2, 0.25) is 5.02 Å². The zero-order chi connectivity index (χ0) is 9.97. The highest BCUT2D eigenvalue weighted by Gasteiger charge is 2.12. The van der Waals surface area contributed by atoms with Crippen molar-refractivity contribution in [3.63, 3.8) is 0 Å². The van der Waals surface area contributed by atoms with Crippen molar-refractivity contribution in [3.05, 3.63) is 28.8 Å². The van der Waals surface area contributed by atoms with Gasteiger partial charge in [0.25, 0.3) is 0 Å². The molecule has 1 nitrogen and oxygen atoms in total. The molecule has 0 bridgehead atoms. The monoisotopic (exact) mass is 209 g/mol. The molecule has 0 N–H and O–H groups in total. The fraction of sp³-hybridized carbons (Fsp3) is 0.500. The number of halogens is 1. The molecule has 0 aromatic heterocycles. The van der Waals surface area contributed by atoms with E-state index in [9.17, 15) is 0 Å². The van der Waals surface area contributed by atoms with E-state index in [-0.39, 0.29) is 0 Å². The molecular weight excluding hydrogens is 194 g/mol. The molecule has 0 spiro atoms. The number of anilines is 1. The lowest BCUT2D eigenvalue weighted by Crippen LogP contribution is -2.29. The summed E-state index contributed by atoms with van der Waals surface area (Å²) in [4.78, 5) is 2.47. The highest BCUT2D eigenvalue weighted by molar-refractivity contribution is 6.30. The van der Waals surface area contributed by atoms with Crippen molar-refractivity contribution in [2.75, 3.05) is 18.0 Å². The van der Waals surface area contributed by atoms with Crippen LogP contribution >= 0.6 is 11.6 Å². The molecule has 0 radical (unpaired) electrons. The summed E-state index contributed by atoms with van der Waals surface area (Å²) in [6, 6.07) is 6.17. The second-order valence-corrected chi connectivity index (χ2v) is 4.41. The summed E-state index contributed by atoms with van der Waals surface area (Å²) in [5.74, 6) is 0. The van der Waals surface area contributed by atoms with Gasteiger partial charge in [0, 0.05) is 23.8 Å². The van der Waals surface area contributed by atoms with Crippen LogP contribution < -0.4 is 4.90 Å². The van der Waals surface area contributed by atoms with Crippen LogP contribution in [0.5, 0.6) is 0 Å². The number of hydrogen-bond acceptors (Lipinski definition) is 1. The number of rotatable bonds is 1. The van der Waals surface area contributed by atoms with Gasteiger partial charge in [-0.15, -0.1) is 0 Å². The lowest BCUT2D eigenvalue weighted by Gasteiger charge is -2.30. The summed E-state index contributed by atoms with van der Waals surface area (Å²) < 4.78 is 0. The molecule has 0 amide bonds. The minimum atomic E-state index is 0.836. The van der Waals surface area contributed by atoms with Gasteiger partial charge in [-0.05, 0) is 49.9 Å². The largest absolute Gasteiger partial charge is 0.371 e. The standard InChI is InChI=1S/C12H16ClN/c1-10-9-11(13)5-6-12(10)14-7-3-2-4-8-14/h5-6,9H,2-4,7-8H2,1H3. The molecule has 14 heavy (non-hydrogen) atoms. The van der Waals surface area contributed by atoms with Gasteiger partial charge in [-0.25, -0.2) is 0 Å². The van der Waals surface area contributed by atoms with Crippen LogP contribution in [0.15, 0.2) is 18.2 Å². The number of hydrogen-bond donors (Lipinski definition) is 0. The quantitative estimate of drug-likeness (QED) is 0.683. The molecule has 76 valence electrons. The van der Waals surface area contributed by atoms with E-state index in [2.05, 4.69) is 17.9 Å². The van der Waals surface area contributed by atoms with Gasteiger partial charge in [0.05, 0.1) is 0 Å². The second kappa shape index (κ2) is 4.22. The molecule has 0 saturated carbocycles. The number of aryl methyl sites for hydroxylation is 1. The Bertz CT molecular complexity index is 316. The molecule has 1 saturated heterocycles. The van der Waals surface area contributed by atoms with Crippen LogP contribution in [0, 0.1) is 6.92 Å². The van der Waals surface area contributed by atoms with Crippen molar-refractivity contribution >= 4 is 17.3 Å². The van der Waals surface area contributed by atoms with Gasteiger partial charge in [0.2, 0.25) is 0 Å². The number of piperidine rings is 1. The smallest absolute Gasteiger partial charge is 0.0410 e. The van der Waals surface area contributed by atoms with Gasteiger partial charge in [0.15, 0.2) is 0 Å². The van der Waals surface area contributed by atoms with Crippen molar-refractivity contribution in [3.8, 4) is 0 Å². The molecule has 1 aliphatic heterocycles. The number of benzene rings is 1. The van der Waals surface area contributed by atoms with Crippen LogP contribution in [0.1, 0.15) is 24.8 Å². The Kier molecular flexibility index (Phi) is 2.97. The molecule has 1 heterocycles. The summed E-state index contributed by atoms with van der Waals surface area (Å²) >= 11 is 5.94. The molecule has 0 unspecified atom stereocenters. The predicted octanol–water partition coefficient (Wildman–Crippen LogP) is 3.64. The Labute approximate surface area is 90.7 Å². The van der Waals surface area contributed by atoms with Gasteiger partial charge in [-0.3, -0.25) is 0 Å². The van der Waals surface area contributed by atoms with Crippen LogP contribution in [0.3, 0.4) is 0 Å². The van der Waals surface area contributed by atoms with E-state index in [1.807, 2.05) is 12.1 Å². The van der Waals surface area contributed by atoms with Crippen LogP contribution in [0.4, 0.5) is 5.69 Å². The van der Waals surface area contributed by atoms with Crippen LogP contribution in [-0.4, -0.2) is 13.1 Å². The van der Waals surface area contributed by atoms with Crippen LogP contribution in [-0.2, 0) is 0 Å². The molecule has 1 aromatic carbocycles. The van der Waals surface area contributed by atoms with Gasteiger partial charge < -0.3 is 4.90 Å². The van der Waals surface area contributed by atoms with E-state index in [0.717, 1.165) is 5.02 Å². The maximum Gasteiger partial charge on any atom is 0.0410 e. The third-order valence-electron chi connectivity index (χ3n) is 2.86. The normalized spacial score (nSPS) is 17.1. The molecule has 1 aliphatic rings. The summed E-state index contributed by atoms with van der Waals surface area (Å²) in [6.07, 6.45) is 4.02. The average molecular weight is 210 g/mol. The van der Waals surface area contributed by atoms with Gasteiger partial charge >= 0.3 is 0 Å². The molecular formula is C12H16ClN. The molecule has 1 aromatic rings. The fourth-order valence-corrected chi connectivity index (χ4v) is 2.34. The molecule has 2 rings (SSSR count). The fourth-order valence-electron chi connectivity index (χ4n) is 2.11. The second-order valence-electron chi connectivity index (χ2n) is 3.98.